The van der Waals surface area contributed by atoms with Gasteiger partial charge in [0.25, 0.3) is 0 Å². The molecule has 1 atom stereocenters. The van der Waals surface area contributed by atoms with Gasteiger partial charge in [-0.1, -0.05) is 47.5 Å². The predicted octanol–water partition coefficient (Wildman–Crippen LogP) is 6.26. The molecule has 3 aromatic rings. The maximum Gasteiger partial charge on any atom is 0.309 e. The maximum atomic E-state index is 12.9. The van der Waals surface area contributed by atoms with Crippen LogP contribution in [0.1, 0.15) is 35.2 Å². The van der Waals surface area contributed by atoms with Crippen molar-refractivity contribution in [2.45, 2.75) is 31.7 Å². The Kier molecular flexibility index (Phi) is 8.83. The normalized spacial score (nSPS) is 17.5. The molecule has 0 saturated heterocycles. The Balaban J connectivity index is 1.27. The maximum absolute atomic E-state index is 12.9. The molecule has 0 aliphatic heterocycles. The van der Waals surface area contributed by atoms with Crippen molar-refractivity contribution >= 4 is 40.8 Å². The highest BCUT2D eigenvalue weighted by atomic mass is 35.5. The number of hydrogen-bond donors (Lipinski definition) is 1. The third-order valence-corrected chi connectivity index (χ3v) is 6.98. The van der Waals surface area contributed by atoms with Gasteiger partial charge in [0.05, 0.1) is 35.2 Å². The zero-order chi connectivity index (χ0) is 25.5. The van der Waals surface area contributed by atoms with Gasteiger partial charge in [-0.15, -0.1) is 0 Å². The van der Waals surface area contributed by atoms with Gasteiger partial charge >= 0.3 is 5.97 Å². The van der Waals surface area contributed by atoms with Crippen molar-refractivity contribution in [1.82, 2.24) is 4.98 Å². The number of carbonyl (C=O) groups is 2. The summed E-state index contributed by atoms with van der Waals surface area (Å²) in [5, 5.41) is 3.97. The standard InChI is InChI=1S/C28H28Cl2N2O4/c1-35-28(34)20(16-25(33)27-23(29)5-4-6-24(27)30)13-18-8-10-22(11-9-18)36-17-19-14-21(15-19)32-26-7-2-3-12-31-26/h2-12,19-21H,13-17H2,1H3,(H,31,32)/t19?,20-,21?/m1/s1. The highest BCUT2D eigenvalue weighted by Gasteiger charge is 2.30. The number of anilines is 1. The summed E-state index contributed by atoms with van der Waals surface area (Å²) in [5.74, 6) is 0.771. The summed E-state index contributed by atoms with van der Waals surface area (Å²) in [4.78, 5) is 29.6. The number of ketones is 1. The van der Waals surface area contributed by atoms with Crippen LogP contribution in [-0.2, 0) is 16.0 Å². The Hall–Kier alpha value is -3.09. The smallest absolute Gasteiger partial charge is 0.309 e. The molecule has 0 spiro atoms. The number of esters is 1. The topological polar surface area (TPSA) is 77.5 Å². The molecule has 1 heterocycles. The first-order valence-corrected chi connectivity index (χ1v) is 12.6. The second kappa shape index (κ2) is 12.2. The average Bonchev–Trinajstić information content (AvgIpc) is 2.85. The highest BCUT2D eigenvalue weighted by Crippen LogP contribution is 2.31. The van der Waals surface area contributed by atoms with Crippen molar-refractivity contribution in [1.29, 1.82) is 0 Å². The molecule has 2 aromatic carbocycles. The van der Waals surface area contributed by atoms with Crippen LogP contribution >= 0.6 is 23.2 Å². The molecular weight excluding hydrogens is 499 g/mol. The molecule has 1 saturated carbocycles. The van der Waals surface area contributed by atoms with Crippen LogP contribution in [-0.4, -0.2) is 36.5 Å². The third kappa shape index (κ3) is 6.77. The minimum Gasteiger partial charge on any atom is -0.493 e. The number of carbonyl (C=O) groups excluding carboxylic acids is 2. The summed E-state index contributed by atoms with van der Waals surface area (Å²) < 4.78 is 10.9. The lowest BCUT2D eigenvalue weighted by atomic mass is 9.81. The summed E-state index contributed by atoms with van der Waals surface area (Å²) in [6, 6.07) is 18.7. The summed E-state index contributed by atoms with van der Waals surface area (Å²) >= 11 is 12.3. The Labute approximate surface area is 220 Å². The molecule has 6 nitrogen and oxygen atoms in total. The van der Waals surface area contributed by atoms with Crippen LogP contribution in [0, 0.1) is 11.8 Å². The quantitative estimate of drug-likeness (QED) is 0.234. The van der Waals surface area contributed by atoms with Crippen molar-refractivity contribution in [3.63, 3.8) is 0 Å². The summed E-state index contributed by atoms with van der Waals surface area (Å²) in [7, 11) is 1.32. The molecule has 8 heteroatoms. The van der Waals surface area contributed by atoms with E-state index in [4.69, 9.17) is 32.7 Å². The first-order valence-electron chi connectivity index (χ1n) is 11.9. The van der Waals surface area contributed by atoms with E-state index in [0.717, 1.165) is 30.0 Å². The number of nitrogens with one attached hydrogen (secondary N) is 1. The molecular formula is C28H28Cl2N2O4. The van der Waals surface area contributed by atoms with E-state index in [-0.39, 0.29) is 27.8 Å². The SMILES string of the molecule is COC(=O)[C@@H](CC(=O)c1c(Cl)cccc1Cl)Cc1ccc(OCC2CC(Nc3ccccn3)C2)cc1. The number of pyridine rings is 1. The van der Waals surface area contributed by atoms with Crippen LogP contribution in [0.4, 0.5) is 5.82 Å². The van der Waals surface area contributed by atoms with Crippen LogP contribution in [0.15, 0.2) is 66.9 Å². The van der Waals surface area contributed by atoms with Gasteiger partial charge in [-0.05, 0) is 67.1 Å². The van der Waals surface area contributed by atoms with Gasteiger partial charge in [0.15, 0.2) is 5.78 Å². The molecule has 1 aromatic heterocycles. The van der Waals surface area contributed by atoms with Gasteiger partial charge in [-0.2, -0.15) is 0 Å². The number of hydrogen-bond acceptors (Lipinski definition) is 6. The predicted molar refractivity (Wildman–Crippen MR) is 141 cm³/mol. The Morgan fingerprint density at radius 1 is 1.03 bits per heavy atom. The fourth-order valence-electron chi connectivity index (χ4n) is 4.36. The summed E-state index contributed by atoms with van der Waals surface area (Å²) in [6.45, 7) is 0.650. The number of rotatable bonds is 11. The minimum absolute atomic E-state index is 0.0518. The van der Waals surface area contributed by atoms with Crippen molar-refractivity contribution in [3.05, 3.63) is 88.0 Å². The van der Waals surface area contributed by atoms with E-state index < -0.39 is 11.9 Å². The van der Waals surface area contributed by atoms with E-state index in [1.54, 1.807) is 24.4 Å². The molecule has 188 valence electrons. The number of ether oxygens (including phenoxy) is 2. The first kappa shape index (κ1) is 26.0. The van der Waals surface area contributed by atoms with Crippen molar-refractivity contribution in [2.75, 3.05) is 19.0 Å². The van der Waals surface area contributed by atoms with Gasteiger partial charge in [-0.3, -0.25) is 9.59 Å². The number of methoxy groups -OCH3 is 1. The second-order valence-corrected chi connectivity index (χ2v) is 9.81. The lowest BCUT2D eigenvalue weighted by Crippen LogP contribution is -2.38. The Morgan fingerprint density at radius 3 is 2.39 bits per heavy atom. The molecule has 0 radical (unpaired) electrons. The van der Waals surface area contributed by atoms with Crippen LogP contribution < -0.4 is 10.1 Å². The molecule has 0 amide bonds. The minimum atomic E-state index is -0.653. The molecule has 36 heavy (non-hydrogen) atoms. The van der Waals surface area contributed by atoms with Crippen molar-refractivity contribution in [2.24, 2.45) is 11.8 Å². The number of benzene rings is 2. The molecule has 4 rings (SSSR count). The fraction of sp³-hybridized carbons (Fsp3) is 0.321. The van der Waals surface area contributed by atoms with Gasteiger partial charge in [-0.25, -0.2) is 4.98 Å². The van der Waals surface area contributed by atoms with E-state index in [9.17, 15) is 9.59 Å². The Morgan fingerprint density at radius 2 is 1.75 bits per heavy atom. The van der Waals surface area contributed by atoms with Gasteiger partial charge in [0, 0.05) is 18.7 Å². The van der Waals surface area contributed by atoms with Crippen LogP contribution in [0.25, 0.3) is 0 Å². The number of nitrogens with zero attached hydrogens (tertiary/aromatic N) is 1. The van der Waals surface area contributed by atoms with Crippen molar-refractivity contribution in [3.8, 4) is 5.75 Å². The molecule has 0 bridgehead atoms. The molecule has 1 aliphatic carbocycles. The summed E-state index contributed by atoms with van der Waals surface area (Å²) in [6.07, 6.45) is 4.16. The molecule has 0 unspecified atom stereocenters. The van der Waals surface area contributed by atoms with E-state index in [0.29, 0.717) is 25.0 Å². The zero-order valence-corrected chi connectivity index (χ0v) is 21.5. The number of aromatic nitrogens is 1. The van der Waals surface area contributed by atoms with Gasteiger partial charge < -0.3 is 14.8 Å². The van der Waals surface area contributed by atoms with E-state index in [1.807, 2.05) is 42.5 Å². The average molecular weight is 527 g/mol. The van der Waals surface area contributed by atoms with Crippen LogP contribution in [0.3, 0.4) is 0 Å². The second-order valence-electron chi connectivity index (χ2n) is 9.00. The largest absolute Gasteiger partial charge is 0.493 e. The lowest BCUT2D eigenvalue weighted by Gasteiger charge is -2.35. The number of Topliss-reactive ketones (excluding diaryl/α,β-unsaturated/α-hetero) is 1. The lowest BCUT2D eigenvalue weighted by molar-refractivity contribution is -0.145. The van der Waals surface area contributed by atoms with Gasteiger partial charge in [0.2, 0.25) is 0 Å². The summed E-state index contributed by atoms with van der Waals surface area (Å²) in [5.41, 5.74) is 1.13. The van der Waals surface area contributed by atoms with Crippen molar-refractivity contribution < 1.29 is 19.1 Å². The van der Waals surface area contributed by atoms with Crippen LogP contribution in [0.2, 0.25) is 10.0 Å². The molecule has 1 aliphatic rings. The van der Waals surface area contributed by atoms with E-state index >= 15 is 0 Å². The van der Waals surface area contributed by atoms with E-state index in [1.165, 1.54) is 7.11 Å². The van der Waals surface area contributed by atoms with E-state index in [2.05, 4.69) is 10.3 Å². The molecule has 1 fully saturated rings. The monoisotopic (exact) mass is 526 g/mol. The molecule has 1 N–H and O–H groups in total. The number of halogens is 2. The third-order valence-electron chi connectivity index (χ3n) is 6.35. The van der Waals surface area contributed by atoms with Gasteiger partial charge in [0.1, 0.15) is 11.6 Å². The zero-order valence-electron chi connectivity index (χ0n) is 20.0. The first-order chi connectivity index (χ1) is 17.4. The Bertz CT molecular complexity index is 1160. The highest BCUT2D eigenvalue weighted by molar-refractivity contribution is 6.39. The fourth-order valence-corrected chi connectivity index (χ4v) is 4.97. The van der Waals surface area contributed by atoms with Crippen LogP contribution in [0.5, 0.6) is 5.75 Å².